The van der Waals surface area contributed by atoms with Crippen molar-refractivity contribution in [2.75, 3.05) is 5.75 Å². The van der Waals surface area contributed by atoms with Crippen molar-refractivity contribution in [3.63, 3.8) is 0 Å². The van der Waals surface area contributed by atoms with Crippen molar-refractivity contribution < 1.29 is 14.7 Å². The van der Waals surface area contributed by atoms with E-state index in [9.17, 15) is 9.59 Å². The van der Waals surface area contributed by atoms with Gasteiger partial charge in [0.25, 0.3) is 0 Å². The van der Waals surface area contributed by atoms with E-state index in [4.69, 9.17) is 5.11 Å². The summed E-state index contributed by atoms with van der Waals surface area (Å²) in [5.74, 6) is -0.698. The molecule has 1 aliphatic carbocycles. The first-order valence-corrected chi connectivity index (χ1v) is 7.79. The van der Waals surface area contributed by atoms with Crippen molar-refractivity contribution in [3.8, 4) is 0 Å². The minimum Gasteiger partial charge on any atom is -0.481 e. The monoisotopic (exact) mass is 293 g/mol. The van der Waals surface area contributed by atoms with Crippen molar-refractivity contribution in [1.29, 1.82) is 0 Å². The van der Waals surface area contributed by atoms with Gasteiger partial charge in [0, 0.05) is 10.9 Å². The van der Waals surface area contributed by atoms with E-state index in [0.29, 0.717) is 5.75 Å². The Hall–Kier alpha value is -1.49. The van der Waals surface area contributed by atoms with Gasteiger partial charge in [-0.25, -0.2) is 0 Å². The van der Waals surface area contributed by atoms with Crippen LogP contribution in [0.15, 0.2) is 23.1 Å². The Morgan fingerprint density at radius 3 is 2.85 bits per heavy atom. The van der Waals surface area contributed by atoms with Gasteiger partial charge in [-0.1, -0.05) is 6.07 Å². The summed E-state index contributed by atoms with van der Waals surface area (Å²) in [4.78, 5) is 23.3. The molecule has 1 aromatic carbocycles. The van der Waals surface area contributed by atoms with Crippen molar-refractivity contribution in [3.05, 3.63) is 29.3 Å². The lowest BCUT2D eigenvalue weighted by Gasteiger charge is -2.11. The lowest BCUT2D eigenvalue weighted by molar-refractivity contribution is -0.137. The molecule has 1 unspecified atom stereocenters. The van der Waals surface area contributed by atoms with E-state index < -0.39 is 5.97 Å². The zero-order valence-corrected chi connectivity index (χ0v) is 12.3. The summed E-state index contributed by atoms with van der Waals surface area (Å²) >= 11 is 1.50. The molecule has 1 atom stereocenters. The third kappa shape index (κ3) is 4.27. The zero-order valence-electron chi connectivity index (χ0n) is 11.5. The van der Waals surface area contributed by atoms with Gasteiger partial charge in [-0.05, 0) is 49.4 Å². The predicted molar refractivity (Wildman–Crippen MR) is 79.0 cm³/mol. The number of hydrogen-bond donors (Lipinski definition) is 2. The summed E-state index contributed by atoms with van der Waals surface area (Å²) in [5.41, 5.74) is 2.82. The molecule has 2 N–H and O–H groups in total. The number of carbonyl (C=O) groups excluding carboxylic acids is 1. The number of benzene rings is 1. The predicted octanol–water partition coefficient (Wildman–Crippen LogP) is 2.25. The molecule has 20 heavy (non-hydrogen) atoms. The molecule has 4 nitrogen and oxygen atoms in total. The fraction of sp³-hybridized carbons (Fsp3) is 0.467. The Kier molecular flexibility index (Phi) is 5.06. The standard InChI is InChI=1S/C15H19NO3S/c1-10(7-15(18)19)16-14(17)9-20-13-6-5-11-3-2-4-12(11)8-13/h5-6,8,10H,2-4,7,9H2,1H3,(H,16,17)(H,18,19). The Bertz CT molecular complexity index is 516. The SMILES string of the molecule is CC(CC(=O)O)NC(=O)CSc1ccc2c(c1)CCC2. The van der Waals surface area contributed by atoms with Gasteiger partial charge in [0.15, 0.2) is 0 Å². The van der Waals surface area contributed by atoms with Crippen LogP contribution in [0.3, 0.4) is 0 Å². The van der Waals surface area contributed by atoms with Crippen LogP contribution in [0.1, 0.15) is 30.9 Å². The summed E-state index contributed by atoms with van der Waals surface area (Å²) < 4.78 is 0. The van der Waals surface area contributed by atoms with E-state index in [0.717, 1.165) is 17.7 Å². The molecule has 108 valence electrons. The number of thioether (sulfide) groups is 1. The first-order chi connectivity index (χ1) is 9.54. The van der Waals surface area contributed by atoms with Crippen LogP contribution in [0.25, 0.3) is 0 Å². The summed E-state index contributed by atoms with van der Waals surface area (Å²) in [7, 11) is 0. The number of carboxylic acids is 1. The quantitative estimate of drug-likeness (QED) is 0.790. The lowest BCUT2D eigenvalue weighted by atomic mass is 10.1. The van der Waals surface area contributed by atoms with Gasteiger partial charge in [0.2, 0.25) is 5.91 Å². The average Bonchev–Trinajstić information content (AvgIpc) is 2.82. The van der Waals surface area contributed by atoms with Crippen LogP contribution < -0.4 is 5.32 Å². The molecule has 0 saturated carbocycles. The normalized spacial score (nSPS) is 14.7. The van der Waals surface area contributed by atoms with Gasteiger partial charge >= 0.3 is 5.97 Å². The van der Waals surface area contributed by atoms with Crippen LogP contribution in [0.4, 0.5) is 0 Å². The Labute approximate surface area is 123 Å². The first-order valence-electron chi connectivity index (χ1n) is 6.80. The molecule has 0 radical (unpaired) electrons. The molecule has 1 amide bonds. The Morgan fingerprint density at radius 2 is 2.10 bits per heavy atom. The molecule has 0 heterocycles. The second-order valence-electron chi connectivity index (χ2n) is 5.14. The molecule has 1 aromatic rings. The highest BCUT2D eigenvalue weighted by molar-refractivity contribution is 8.00. The van der Waals surface area contributed by atoms with Crippen LogP contribution in [-0.4, -0.2) is 28.8 Å². The highest BCUT2D eigenvalue weighted by Crippen LogP contribution is 2.27. The minimum absolute atomic E-state index is 0.0464. The molecular weight excluding hydrogens is 274 g/mol. The molecule has 2 rings (SSSR count). The number of carboxylic acid groups (broad SMARTS) is 1. The minimum atomic E-state index is -0.899. The average molecular weight is 293 g/mol. The number of fused-ring (bicyclic) bond motifs is 1. The van der Waals surface area contributed by atoms with E-state index in [1.807, 2.05) is 0 Å². The third-order valence-corrected chi connectivity index (χ3v) is 4.32. The number of aliphatic carboxylic acids is 1. The topological polar surface area (TPSA) is 66.4 Å². The van der Waals surface area contributed by atoms with Crippen LogP contribution in [0.2, 0.25) is 0 Å². The zero-order chi connectivity index (χ0) is 14.5. The molecular formula is C15H19NO3S. The molecule has 0 aliphatic heterocycles. The second kappa shape index (κ2) is 6.79. The summed E-state index contributed by atoms with van der Waals surface area (Å²) in [6, 6.07) is 6.04. The smallest absolute Gasteiger partial charge is 0.305 e. The number of rotatable bonds is 6. The maximum absolute atomic E-state index is 11.7. The van der Waals surface area contributed by atoms with Gasteiger partial charge in [0.1, 0.15) is 0 Å². The van der Waals surface area contributed by atoms with E-state index in [1.54, 1.807) is 6.92 Å². The highest BCUT2D eigenvalue weighted by atomic mass is 32.2. The van der Waals surface area contributed by atoms with E-state index in [-0.39, 0.29) is 18.4 Å². The van der Waals surface area contributed by atoms with E-state index in [1.165, 1.54) is 29.3 Å². The Morgan fingerprint density at radius 1 is 1.35 bits per heavy atom. The first kappa shape index (κ1) is 14.9. The summed E-state index contributed by atoms with van der Waals surface area (Å²) in [5, 5.41) is 11.3. The highest BCUT2D eigenvalue weighted by Gasteiger charge is 2.13. The number of aryl methyl sites for hydroxylation is 2. The van der Waals surface area contributed by atoms with Crippen molar-refractivity contribution in [2.24, 2.45) is 0 Å². The summed E-state index contributed by atoms with van der Waals surface area (Å²) in [6.07, 6.45) is 3.46. The van der Waals surface area contributed by atoms with Crippen LogP contribution >= 0.6 is 11.8 Å². The molecule has 0 bridgehead atoms. The van der Waals surface area contributed by atoms with Crippen LogP contribution in [0, 0.1) is 0 Å². The Balaban J connectivity index is 1.80. The molecule has 0 saturated heterocycles. The second-order valence-corrected chi connectivity index (χ2v) is 6.19. The van der Waals surface area contributed by atoms with Crippen molar-refractivity contribution >= 4 is 23.6 Å². The van der Waals surface area contributed by atoms with Crippen molar-refractivity contribution in [1.82, 2.24) is 5.32 Å². The summed E-state index contributed by atoms with van der Waals surface area (Å²) in [6.45, 7) is 1.70. The lowest BCUT2D eigenvalue weighted by Crippen LogP contribution is -2.35. The molecule has 5 heteroatoms. The van der Waals surface area contributed by atoms with Crippen LogP contribution in [0.5, 0.6) is 0 Å². The largest absolute Gasteiger partial charge is 0.481 e. The maximum atomic E-state index is 11.7. The number of hydrogen-bond acceptors (Lipinski definition) is 3. The molecule has 0 aromatic heterocycles. The number of amides is 1. The number of nitrogens with one attached hydrogen (secondary N) is 1. The van der Waals surface area contributed by atoms with E-state index >= 15 is 0 Å². The molecule has 0 fully saturated rings. The van der Waals surface area contributed by atoms with Gasteiger partial charge in [0.05, 0.1) is 12.2 Å². The van der Waals surface area contributed by atoms with Gasteiger partial charge in [-0.3, -0.25) is 9.59 Å². The van der Waals surface area contributed by atoms with Gasteiger partial charge in [-0.15, -0.1) is 11.8 Å². The molecule has 0 spiro atoms. The molecule has 1 aliphatic rings. The van der Waals surface area contributed by atoms with Crippen LogP contribution in [-0.2, 0) is 22.4 Å². The maximum Gasteiger partial charge on any atom is 0.305 e. The van der Waals surface area contributed by atoms with Crippen molar-refractivity contribution in [2.45, 2.75) is 43.5 Å². The van der Waals surface area contributed by atoms with E-state index in [2.05, 4.69) is 23.5 Å². The number of carbonyl (C=O) groups is 2. The fourth-order valence-corrected chi connectivity index (χ4v) is 3.19. The fourth-order valence-electron chi connectivity index (χ4n) is 2.42. The third-order valence-electron chi connectivity index (χ3n) is 3.33. The van der Waals surface area contributed by atoms with Gasteiger partial charge in [-0.2, -0.15) is 0 Å². The van der Waals surface area contributed by atoms with Gasteiger partial charge < -0.3 is 10.4 Å².